The lowest BCUT2D eigenvalue weighted by atomic mass is 10.1. The molecular weight excluding hydrogens is 342 g/mol. The largest absolute Gasteiger partial charge is 0.494 e. The summed E-state index contributed by atoms with van der Waals surface area (Å²) in [4.78, 5) is 26.3. The highest BCUT2D eigenvalue weighted by atomic mass is 28.3. The molecule has 0 saturated carbocycles. The van der Waals surface area contributed by atoms with Crippen LogP contribution >= 0.6 is 0 Å². The van der Waals surface area contributed by atoms with Gasteiger partial charge in [0.25, 0.3) is 11.8 Å². The Bertz CT molecular complexity index is 779. The zero-order valence-corrected chi connectivity index (χ0v) is 16.6. The van der Waals surface area contributed by atoms with E-state index in [0.29, 0.717) is 24.3 Å². The van der Waals surface area contributed by atoms with Crippen LogP contribution in [0.2, 0.25) is 19.1 Å². The minimum atomic E-state index is -1.63. The molecule has 2 amide bonds. The molecular formula is C21H25NO3Si. The zero-order chi connectivity index (χ0) is 18.7. The molecule has 0 fully saturated rings. The van der Waals surface area contributed by atoms with Crippen molar-refractivity contribution in [2.24, 2.45) is 0 Å². The van der Waals surface area contributed by atoms with Gasteiger partial charge in [-0.1, -0.05) is 48.6 Å². The molecule has 0 aromatic heterocycles. The van der Waals surface area contributed by atoms with Gasteiger partial charge in [0.15, 0.2) is 0 Å². The Kier molecular flexibility index (Phi) is 5.27. The normalized spacial score (nSPS) is 13.9. The fraction of sp³-hybridized carbons (Fsp3) is 0.333. The van der Waals surface area contributed by atoms with E-state index < -0.39 is 8.07 Å². The maximum Gasteiger partial charge on any atom is 0.261 e. The Labute approximate surface area is 155 Å². The van der Waals surface area contributed by atoms with Gasteiger partial charge >= 0.3 is 0 Å². The van der Waals surface area contributed by atoms with E-state index in [1.54, 1.807) is 24.3 Å². The topological polar surface area (TPSA) is 46.6 Å². The standard InChI is InChI=1S/C21H25NO3Si/c1-4-25-16-10-12-17(13-11-16)26(2,3)15-7-14-22-20(23)18-8-5-6-9-19(18)21(22)24/h5-6,8-13H,4,7,14-15H2,1-3H3. The van der Waals surface area contributed by atoms with Crippen LogP contribution < -0.4 is 9.92 Å². The number of benzene rings is 2. The van der Waals surface area contributed by atoms with Crippen LogP contribution in [0.5, 0.6) is 5.75 Å². The van der Waals surface area contributed by atoms with Gasteiger partial charge in [0.2, 0.25) is 0 Å². The van der Waals surface area contributed by atoms with Crippen molar-refractivity contribution in [1.29, 1.82) is 0 Å². The van der Waals surface area contributed by atoms with Crippen molar-refractivity contribution in [3.05, 3.63) is 59.7 Å². The second-order valence-corrected chi connectivity index (χ2v) is 12.1. The van der Waals surface area contributed by atoms with Crippen LogP contribution in [0.15, 0.2) is 48.5 Å². The molecule has 0 atom stereocenters. The highest BCUT2D eigenvalue weighted by Gasteiger charge is 2.35. The van der Waals surface area contributed by atoms with E-state index in [2.05, 4.69) is 25.2 Å². The summed E-state index contributed by atoms with van der Waals surface area (Å²) < 4.78 is 5.51. The number of fused-ring (bicyclic) bond motifs is 1. The summed E-state index contributed by atoms with van der Waals surface area (Å²) in [5, 5.41) is 1.36. The first-order chi connectivity index (χ1) is 12.4. The first-order valence-electron chi connectivity index (χ1n) is 9.12. The highest BCUT2D eigenvalue weighted by molar-refractivity contribution is 6.89. The van der Waals surface area contributed by atoms with E-state index in [-0.39, 0.29) is 11.8 Å². The average molecular weight is 368 g/mol. The number of rotatable bonds is 7. The van der Waals surface area contributed by atoms with Gasteiger partial charge in [0.1, 0.15) is 5.75 Å². The van der Waals surface area contributed by atoms with E-state index in [4.69, 9.17) is 4.74 Å². The third-order valence-electron chi connectivity index (χ3n) is 5.01. The van der Waals surface area contributed by atoms with Crippen LogP contribution in [0.4, 0.5) is 0 Å². The van der Waals surface area contributed by atoms with E-state index in [1.807, 2.05) is 19.1 Å². The summed E-state index contributed by atoms with van der Waals surface area (Å²) in [5.74, 6) is 0.573. The lowest BCUT2D eigenvalue weighted by molar-refractivity contribution is 0.0654. The van der Waals surface area contributed by atoms with Crippen molar-refractivity contribution in [3.63, 3.8) is 0 Å². The molecule has 0 saturated heterocycles. The SMILES string of the molecule is CCOc1ccc([Si](C)(C)CCCN2C(=O)c3ccccc3C2=O)cc1. The first-order valence-corrected chi connectivity index (χ1v) is 12.3. The molecule has 0 bridgehead atoms. The summed E-state index contributed by atoms with van der Waals surface area (Å²) in [6, 6.07) is 16.4. The second-order valence-electron chi connectivity index (χ2n) is 7.25. The van der Waals surface area contributed by atoms with Crippen LogP contribution in [-0.2, 0) is 0 Å². The third-order valence-corrected chi connectivity index (χ3v) is 8.51. The minimum absolute atomic E-state index is 0.161. The van der Waals surface area contributed by atoms with Crippen molar-refractivity contribution in [2.75, 3.05) is 13.2 Å². The number of hydrogen-bond donors (Lipinski definition) is 0. The molecule has 0 spiro atoms. The molecule has 0 unspecified atom stereocenters. The average Bonchev–Trinajstić information content (AvgIpc) is 2.88. The van der Waals surface area contributed by atoms with Crippen molar-refractivity contribution in [3.8, 4) is 5.75 Å². The number of carbonyl (C=O) groups excluding carboxylic acids is 2. The number of nitrogens with zero attached hydrogens (tertiary/aromatic N) is 1. The van der Waals surface area contributed by atoms with Gasteiger partial charge in [-0.2, -0.15) is 0 Å². The molecule has 0 N–H and O–H groups in total. The molecule has 2 aromatic rings. The summed E-state index contributed by atoms with van der Waals surface area (Å²) in [7, 11) is -1.63. The molecule has 26 heavy (non-hydrogen) atoms. The van der Waals surface area contributed by atoms with Crippen molar-refractivity contribution in [1.82, 2.24) is 4.90 Å². The lowest BCUT2D eigenvalue weighted by Crippen LogP contribution is -2.42. The monoisotopic (exact) mass is 367 g/mol. The van der Waals surface area contributed by atoms with Crippen LogP contribution in [0.25, 0.3) is 0 Å². The van der Waals surface area contributed by atoms with E-state index in [0.717, 1.165) is 18.2 Å². The number of imide groups is 1. The lowest BCUT2D eigenvalue weighted by Gasteiger charge is -2.24. The Hall–Kier alpha value is -2.40. The smallest absolute Gasteiger partial charge is 0.261 e. The Balaban J connectivity index is 1.61. The molecule has 1 heterocycles. The van der Waals surface area contributed by atoms with Gasteiger partial charge in [-0.25, -0.2) is 0 Å². The molecule has 3 rings (SSSR count). The van der Waals surface area contributed by atoms with E-state index in [9.17, 15) is 9.59 Å². The zero-order valence-electron chi connectivity index (χ0n) is 15.6. The summed E-state index contributed by atoms with van der Waals surface area (Å²) in [5.41, 5.74) is 1.06. The molecule has 4 nitrogen and oxygen atoms in total. The molecule has 0 radical (unpaired) electrons. The molecule has 1 aliphatic heterocycles. The summed E-state index contributed by atoms with van der Waals surface area (Å²) in [6.45, 7) is 7.78. The second kappa shape index (κ2) is 7.46. The Morgan fingerprint density at radius 2 is 1.50 bits per heavy atom. The van der Waals surface area contributed by atoms with E-state index in [1.165, 1.54) is 10.1 Å². The van der Waals surface area contributed by atoms with Crippen LogP contribution in [0, 0.1) is 0 Å². The van der Waals surface area contributed by atoms with Crippen molar-refractivity contribution in [2.45, 2.75) is 32.5 Å². The molecule has 0 aliphatic carbocycles. The maximum absolute atomic E-state index is 12.4. The van der Waals surface area contributed by atoms with E-state index >= 15 is 0 Å². The summed E-state index contributed by atoms with van der Waals surface area (Å²) >= 11 is 0. The Morgan fingerprint density at radius 1 is 0.923 bits per heavy atom. The van der Waals surface area contributed by atoms with Crippen LogP contribution in [0.3, 0.4) is 0 Å². The fourth-order valence-corrected chi connectivity index (χ4v) is 5.83. The van der Waals surface area contributed by atoms with Gasteiger partial charge in [-0.15, -0.1) is 0 Å². The summed E-state index contributed by atoms with van der Waals surface area (Å²) in [6.07, 6.45) is 0.831. The highest BCUT2D eigenvalue weighted by Crippen LogP contribution is 2.24. The first kappa shape index (κ1) is 18.4. The quantitative estimate of drug-likeness (QED) is 0.554. The Morgan fingerprint density at radius 3 is 2.04 bits per heavy atom. The number of hydrogen-bond acceptors (Lipinski definition) is 3. The maximum atomic E-state index is 12.4. The van der Waals surface area contributed by atoms with Gasteiger partial charge in [0.05, 0.1) is 25.8 Å². The van der Waals surface area contributed by atoms with Gasteiger partial charge in [-0.3, -0.25) is 14.5 Å². The number of amides is 2. The molecule has 1 aliphatic rings. The van der Waals surface area contributed by atoms with Crippen LogP contribution in [-0.4, -0.2) is 37.9 Å². The van der Waals surface area contributed by atoms with Gasteiger partial charge in [0, 0.05) is 6.54 Å². The fourth-order valence-electron chi connectivity index (χ4n) is 3.43. The third kappa shape index (κ3) is 3.58. The van der Waals surface area contributed by atoms with Gasteiger partial charge in [-0.05, 0) is 37.6 Å². The predicted octanol–water partition coefficient (Wildman–Crippen LogP) is 3.69. The van der Waals surface area contributed by atoms with Crippen molar-refractivity contribution >= 4 is 25.1 Å². The molecule has 2 aromatic carbocycles. The van der Waals surface area contributed by atoms with Crippen LogP contribution in [0.1, 0.15) is 34.1 Å². The van der Waals surface area contributed by atoms with Gasteiger partial charge < -0.3 is 4.74 Å². The molecule has 136 valence electrons. The molecule has 5 heteroatoms. The van der Waals surface area contributed by atoms with Crippen molar-refractivity contribution < 1.29 is 14.3 Å². The number of ether oxygens (including phenoxy) is 1. The minimum Gasteiger partial charge on any atom is -0.494 e. The predicted molar refractivity (Wildman–Crippen MR) is 106 cm³/mol. The number of carbonyl (C=O) groups is 2.